The van der Waals surface area contributed by atoms with Crippen molar-refractivity contribution in [1.29, 1.82) is 0 Å². The monoisotopic (exact) mass is 308 g/mol. The van der Waals surface area contributed by atoms with E-state index >= 15 is 0 Å². The zero-order valence-electron chi connectivity index (χ0n) is 14.3. The summed E-state index contributed by atoms with van der Waals surface area (Å²) in [6, 6.07) is 0. The van der Waals surface area contributed by atoms with Crippen LogP contribution in [0.25, 0.3) is 0 Å². The van der Waals surface area contributed by atoms with Crippen molar-refractivity contribution in [3.8, 4) is 0 Å². The zero-order valence-corrected chi connectivity index (χ0v) is 14.3. The third-order valence-corrected chi connectivity index (χ3v) is 5.15. The second kappa shape index (κ2) is 7.18. The van der Waals surface area contributed by atoms with Crippen LogP contribution in [-0.4, -0.2) is 74.8 Å². The van der Waals surface area contributed by atoms with Crippen molar-refractivity contribution in [2.45, 2.75) is 33.1 Å². The number of nitrogens with one attached hydrogen (secondary N) is 1. The van der Waals surface area contributed by atoms with E-state index in [1.807, 2.05) is 0 Å². The van der Waals surface area contributed by atoms with Gasteiger partial charge in [0.1, 0.15) is 0 Å². The fourth-order valence-electron chi connectivity index (χ4n) is 3.74. The summed E-state index contributed by atoms with van der Waals surface area (Å²) < 4.78 is 5.34. The van der Waals surface area contributed by atoms with Crippen molar-refractivity contribution in [1.82, 2.24) is 15.1 Å². The van der Waals surface area contributed by atoms with Gasteiger partial charge < -0.3 is 19.9 Å². The maximum absolute atomic E-state index is 5.34. The molecule has 0 aliphatic carbocycles. The van der Waals surface area contributed by atoms with Gasteiger partial charge >= 0.3 is 0 Å². The Morgan fingerprint density at radius 1 is 1.27 bits per heavy atom. The minimum atomic E-state index is 0.259. The molecule has 1 N–H and O–H groups in total. The van der Waals surface area contributed by atoms with Crippen LogP contribution in [0, 0.1) is 11.3 Å². The topological polar surface area (TPSA) is 40.1 Å². The van der Waals surface area contributed by atoms with Crippen LogP contribution in [-0.2, 0) is 4.74 Å². The minimum Gasteiger partial charge on any atom is -0.380 e. The van der Waals surface area contributed by atoms with Crippen molar-refractivity contribution < 1.29 is 4.74 Å². The Morgan fingerprint density at radius 3 is 2.68 bits per heavy atom. The van der Waals surface area contributed by atoms with Gasteiger partial charge in [-0.3, -0.25) is 4.99 Å². The highest BCUT2D eigenvalue weighted by atomic mass is 16.5. The van der Waals surface area contributed by atoms with Crippen LogP contribution in [0.15, 0.2) is 4.99 Å². The number of rotatable bonds is 5. The van der Waals surface area contributed by atoms with E-state index in [1.54, 1.807) is 0 Å². The molecule has 3 aliphatic heterocycles. The largest absolute Gasteiger partial charge is 0.380 e. The smallest absolute Gasteiger partial charge is 0.193 e. The van der Waals surface area contributed by atoms with Gasteiger partial charge in [0.05, 0.1) is 19.8 Å². The highest BCUT2D eigenvalue weighted by molar-refractivity contribution is 5.80. The second-order valence-electron chi connectivity index (χ2n) is 7.58. The molecule has 0 saturated carbocycles. The first-order chi connectivity index (χ1) is 10.7. The lowest BCUT2D eigenvalue weighted by Gasteiger charge is -2.37. The van der Waals surface area contributed by atoms with Crippen molar-refractivity contribution >= 4 is 5.96 Å². The fraction of sp³-hybridized carbons (Fsp3) is 0.941. The van der Waals surface area contributed by atoms with Gasteiger partial charge in [-0.15, -0.1) is 0 Å². The average molecular weight is 308 g/mol. The third-order valence-electron chi connectivity index (χ3n) is 5.15. The lowest BCUT2D eigenvalue weighted by Crippen LogP contribution is -2.45. The number of guanidine groups is 1. The summed E-state index contributed by atoms with van der Waals surface area (Å²) in [6.07, 6.45) is 4.09. The van der Waals surface area contributed by atoms with Crippen molar-refractivity contribution in [3.63, 3.8) is 0 Å². The number of hydrogen-bond acceptors (Lipinski definition) is 3. The summed E-state index contributed by atoms with van der Waals surface area (Å²) in [5, 5.41) is 3.48. The predicted molar refractivity (Wildman–Crippen MR) is 90.3 cm³/mol. The van der Waals surface area contributed by atoms with Crippen LogP contribution in [0.5, 0.6) is 0 Å². The van der Waals surface area contributed by atoms with Gasteiger partial charge in [-0.25, -0.2) is 0 Å². The highest BCUT2D eigenvalue weighted by Crippen LogP contribution is 2.27. The van der Waals surface area contributed by atoms with Crippen LogP contribution >= 0.6 is 0 Å². The molecule has 5 heteroatoms. The molecule has 3 aliphatic rings. The predicted octanol–water partition coefficient (Wildman–Crippen LogP) is 1.41. The van der Waals surface area contributed by atoms with Crippen LogP contribution in [0.1, 0.15) is 33.1 Å². The molecule has 0 aromatic heterocycles. The number of likely N-dealkylation sites (tertiary alicyclic amines) is 2. The molecule has 22 heavy (non-hydrogen) atoms. The molecule has 0 spiro atoms. The van der Waals surface area contributed by atoms with E-state index in [-0.39, 0.29) is 5.41 Å². The molecule has 3 heterocycles. The van der Waals surface area contributed by atoms with Gasteiger partial charge in [0, 0.05) is 31.6 Å². The molecule has 0 aromatic carbocycles. The molecule has 3 rings (SSSR count). The quantitative estimate of drug-likeness (QED) is 0.616. The Balaban J connectivity index is 1.51. The van der Waals surface area contributed by atoms with E-state index in [9.17, 15) is 0 Å². The molecule has 126 valence electrons. The standard InChI is InChI=1S/C17H32N4O/c1-3-18-16(19-12-17(2)13-22-14-17)21-9-6-15(11-21)10-20-7-4-5-8-20/h15H,3-14H2,1-2H3,(H,18,19). The summed E-state index contributed by atoms with van der Waals surface area (Å²) in [7, 11) is 0. The van der Waals surface area contributed by atoms with Gasteiger partial charge in [0.2, 0.25) is 0 Å². The first-order valence-electron chi connectivity index (χ1n) is 9.02. The lowest BCUT2D eigenvalue weighted by atomic mass is 9.89. The Labute approximate surface area is 135 Å². The van der Waals surface area contributed by atoms with Gasteiger partial charge in [-0.2, -0.15) is 0 Å². The van der Waals surface area contributed by atoms with Crippen LogP contribution in [0.3, 0.4) is 0 Å². The lowest BCUT2D eigenvalue weighted by molar-refractivity contribution is -0.0945. The van der Waals surface area contributed by atoms with Gasteiger partial charge in [-0.1, -0.05) is 6.92 Å². The second-order valence-corrected chi connectivity index (χ2v) is 7.58. The zero-order chi connectivity index (χ0) is 15.4. The van der Waals surface area contributed by atoms with E-state index in [1.165, 1.54) is 38.9 Å². The van der Waals surface area contributed by atoms with Gasteiger partial charge in [0.15, 0.2) is 5.96 Å². The Morgan fingerprint density at radius 2 is 2.05 bits per heavy atom. The Hall–Kier alpha value is -0.810. The highest BCUT2D eigenvalue weighted by Gasteiger charge is 2.34. The fourth-order valence-corrected chi connectivity index (χ4v) is 3.74. The number of aliphatic imine (C=N–C) groups is 1. The minimum absolute atomic E-state index is 0.259. The van der Waals surface area contributed by atoms with E-state index in [0.29, 0.717) is 0 Å². The first kappa shape index (κ1) is 16.1. The van der Waals surface area contributed by atoms with Gasteiger partial charge in [-0.05, 0) is 45.2 Å². The molecular weight excluding hydrogens is 276 g/mol. The Bertz CT molecular complexity index is 388. The summed E-state index contributed by atoms with van der Waals surface area (Å²) in [5.74, 6) is 1.92. The molecule has 5 nitrogen and oxygen atoms in total. The van der Waals surface area contributed by atoms with Crippen LogP contribution in [0.4, 0.5) is 0 Å². The van der Waals surface area contributed by atoms with E-state index < -0.39 is 0 Å². The van der Waals surface area contributed by atoms with Crippen LogP contribution in [0.2, 0.25) is 0 Å². The molecule has 0 aromatic rings. The first-order valence-corrected chi connectivity index (χ1v) is 9.02. The molecule has 1 unspecified atom stereocenters. The maximum Gasteiger partial charge on any atom is 0.193 e. The molecule has 3 fully saturated rings. The van der Waals surface area contributed by atoms with Crippen LogP contribution < -0.4 is 5.32 Å². The molecule has 1 atom stereocenters. The number of nitrogens with zero attached hydrogens (tertiary/aromatic N) is 3. The third kappa shape index (κ3) is 3.93. The summed E-state index contributed by atoms with van der Waals surface area (Å²) in [5.41, 5.74) is 0.259. The van der Waals surface area contributed by atoms with Crippen molar-refractivity contribution in [3.05, 3.63) is 0 Å². The molecular formula is C17H32N4O. The van der Waals surface area contributed by atoms with Crippen molar-refractivity contribution in [2.75, 3.05) is 59.0 Å². The summed E-state index contributed by atoms with van der Waals surface area (Å²) in [4.78, 5) is 10.0. The normalized spacial score (nSPS) is 28.9. The van der Waals surface area contributed by atoms with Gasteiger partial charge in [0.25, 0.3) is 0 Å². The number of hydrogen-bond donors (Lipinski definition) is 1. The maximum atomic E-state index is 5.34. The SMILES string of the molecule is CCNC(=NCC1(C)COC1)N1CCC(CN2CCCC2)C1. The average Bonchev–Trinajstić information content (AvgIpc) is 3.14. The molecule has 0 radical (unpaired) electrons. The molecule has 3 saturated heterocycles. The summed E-state index contributed by atoms with van der Waals surface area (Å²) >= 11 is 0. The van der Waals surface area contributed by atoms with Crippen molar-refractivity contribution in [2.24, 2.45) is 16.3 Å². The summed E-state index contributed by atoms with van der Waals surface area (Å²) in [6.45, 7) is 14.2. The Kier molecular flexibility index (Phi) is 5.24. The number of ether oxygens (including phenoxy) is 1. The van der Waals surface area contributed by atoms with E-state index in [4.69, 9.17) is 9.73 Å². The molecule has 0 amide bonds. The molecule has 0 bridgehead atoms. The van der Waals surface area contributed by atoms with E-state index in [2.05, 4.69) is 29.0 Å². The van der Waals surface area contributed by atoms with E-state index in [0.717, 1.165) is 51.3 Å².